The second kappa shape index (κ2) is 4.86. The van der Waals surface area contributed by atoms with Crippen molar-refractivity contribution < 1.29 is 13.2 Å². The molecule has 6 heteroatoms. The summed E-state index contributed by atoms with van der Waals surface area (Å²) in [4.78, 5) is 4.18. The van der Waals surface area contributed by atoms with Crippen LogP contribution < -0.4 is 0 Å². The van der Waals surface area contributed by atoms with Gasteiger partial charge in [-0.3, -0.25) is 4.99 Å². The van der Waals surface area contributed by atoms with Crippen LogP contribution >= 0.6 is 10.9 Å². The molecule has 0 bridgehead atoms. The van der Waals surface area contributed by atoms with Gasteiger partial charge in [0.25, 0.3) is 0 Å². The van der Waals surface area contributed by atoms with Crippen molar-refractivity contribution in [3.8, 4) is 6.07 Å². The third-order valence-electron chi connectivity index (χ3n) is 1.60. The number of thiol groups is 1. The average molecular weight is 220 g/mol. The zero-order valence-corrected chi connectivity index (χ0v) is 7.94. The number of nitrogens with zero attached hydrogens (tertiary/aromatic N) is 2. The summed E-state index contributed by atoms with van der Waals surface area (Å²) in [6.07, 6.45) is -1.23. The molecule has 0 fully saturated rings. The molecule has 0 aromatic carbocycles. The first-order valence-corrected chi connectivity index (χ1v) is 5.34. The van der Waals surface area contributed by atoms with Gasteiger partial charge in [0.15, 0.2) is 5.83 Å². The van der Waals surface area contributed by atoms with E-state index in [1.165, 1.54) is 11.7 Å². The molecule has 0 N–H and O–H groups in total. The van der Waals surface area contributed by atoms with Crippen molar-refractivity contribution in [2.45, 2.75) is 6.42 Å². The lowest BCUT2D eigenvalue weighted by molar-refractivity contribution is 0.373. The first kappa shape index (κ1) is 10.9. The maximum Gasteiger partial charge on any atom is 0.301 e. The van der Waals surface area contributed by atoms with E-state index in [-0.39, 0.29) is 12.2 Å². The lowest BCUT2D eigenvalue weighted by Gasteiger charge is -2.09. The van der Waals surface area contributed by atoms with Gasteiger partial charge >= 0.3 is 6.08 Å². The summed E-state index contributed by atoms with van der Waals surface area (Å²) in [5.74, 6) is -1.19. The van der Waals surface area contributed by atoms with Gasteiger partial charge in [-0.1, -0.05) is 0 Å². The van der Waals surface area contributed by atoms with Gasteiger partial charge < -0.3 is 0 Å². The first-order valence-electron chi connectivity index (χ1n) is 3.75. The summed E-state index contributed by atoms with van der Waals surface area (Å²) >= 11 is 0. The van der Waals surface area contributed by atoms with Gasteiger partial charge in [-0.15, -0.1) is 0 Å². The van der Waals surface area contributed by atoms with Crippen molar-refractivity contribution in [1.82, 2.24) is 0 Å². The van der Waals surface area contributed by atoms with Crippen molar-refractivity contribution in [1.29, 1.82) is 5.26 Å². The Hall–Kier alpha value is -1.22. The standard InChI is InChI=1S/C8H7F3N2S/c9-7(8(10)11)1-2-14-5-13-4-6(14)3-12/h4-5,14H,1-2H2. The molecule has 0 aromatic rings. The summed E-state index contributed by atoms with van der Waals surface area (Å²) in [7, 11) is -0.965. The quantitative estimate of drug-likeness (QED) is 0.729. The summed E-state index contributed by atoms with van der Waals surface area (Å²) in [6, 6.07) is 1.91. The Labute approximate surface area is 81.8 Å². The smallest absolute Gasteiger partial charge is 0.257 e. The fourth-order valence-electron chi connectivity index (χ4n) is 0.905. The normalized spacial score (nSPS) is 21.6. The Morgan fingerprint density at radius 2 is 2.21 bits per heavy atom. The van der Waals surface area contributed by atoms with Crippen LogP contribution in [0.2, 0.25) is 0 Å². The van der Waals surface area contributed by atoms with Gasteiger partial charge in [-0.2, -0.15) is 24.9 Å². The molecule has 0 amide bonds. The van der Waals surface area contributed by atoms with Crippen LogP contribution in [0.15, 0.2) is 28.0 Å². The van der Waals surface area contributed by atoms with Crippen molar-refractivity contribution in [2.75, 3.05) is 5.75 Å². The molecule has 14 heavy (non-hydrogen) atoms. The van der Waals surface area contributed by atoms with Crippen LogP contribution in [0.3, 0.4) is 0 Å². The Bertz CT molecular complexity index is 350. The molecule has 0 aromatic heterocycles. The monoisotopic (exact) mass is 220 g/mol. The number of hydrogen-bond donors (Lipinski definition) is 1. The minimum atomic E-state index is -2.28. The van der Waals surface area contributed by atoms with Crippen LogP contribution in [0.5, 0.6) is 0 Å². The van der Waals surface area contributed by atoms with Crippen molar-refractivity contribution in [2.24, 2.45) is 4.99 Å². The second-order valence-electron chi connectivity index (χ2n) is 2.50. The zero-order valence-electron chi connectivity index (χ0n) is 7.04. The van der Waals surface area contributed by atoms with Crippen LogP contribution in [0.25, 0.3) is 0 Å². The van der Waals surface area contributed by atoms with Crippen LogP contribution in [0, 0.1) is 11.3 Å². The Kier molecular flexibility index (Phi) is 3.77. The summed E-state index contributed by atoms with van der Waals surface area (Å²) in [5.41, 5.74) is 1.53. The third kappa shape index (κ3) is 2.64. The molecule has 1 aliphatic rings. The molecular formula is C8H7F3N2S. The Morgan fingerprint density at radius 1 is 1.50 bits per heavy atom. The highest BCUT2D eigenvalue weighted by molar-refractivity contribution is 8.31. The summed E-state index contributed by atoms with van der Waals surface area (Å²) in [6.45, 7) is 0. The molecule has 1 aliphatic heterocycles. The van der Waals surface area contributed by atoms with Crippen LogP contribution in [0.1, 0.15) is 6.42 Å². The van der Waals surface area contributed by atoms with Crippen molar-refractivity contribution in [3.63, 3.8) is 0 Å². The molecule has 1 unspecified atom stereocenters. The van der Waals surface area contributed by atoms with E-state index in [0.29, 0.717) is 4.91 Å². The zero-order chi connectivity index (χ0) is 10.6. The fourth-order valence-corrected chi connectivity index (χ4v) is 2.39. The minimum Gasteiger partial charge on any atom is -0.257 e. The van der Waals surface area contributed by atoms with E-state index >= 15 is 0 Å². The fraction of sp³-hybridized carbons (Fsp3) is 0.250. The van der Waals surface area contributed by atoms with E-state index in [1.54, 1.807) is 0 Å². The summed E-state index contributed by atoms with van der Waals surface area (Å²) < 4.78 is 35.8. The third-order valence-corrected chi connectivity index (χ3v) is 3.56. The van der Waals surface area contributed by atoms with Crippen molar-refractivity contribution in [3.05, 3.63) is 23.0 Å². The van der Waals surface area contributed by atoms with E-state index in [2.05, 4.69) is 4.99 Å². The van der Waals surface area contributed by atoms with Gasteiger partial charge in [-0.25, -0.2) is 4.39 Å². The molecule has 2 nitrogen and oxygen atoms in total. The highest BCUT2D eigenvalue weighted by Gasteiger charge is 2.14. The predicted molar refractivity (Wildman–Crippen MR) is 51.0 cm³/mol. The molecule has 0 saturated carbocycles. The van der Waals surface area contributed by atoms with Crippen LogP contribution in [-0.4, -0.2) is 11.3 Å². The maximum atomic E-state index is 12.4. The Balaban J connectivity index is 2.49. The topological polar surface area (TPSA) is 36.1 Å². The highest BCUT2D eigenvalue weighted by atomic mass is 32.2. The number of rotatable bonds is 3. The predicted octanol–water partition coefficient (Wildman–Crippen LogP) is 2.86. The Morgan fingerprint density at radius 3 is 2.79 bits per heavy atom. The number of nitriles is 1. The lowest BCUT2D eigenvalue weighted by Crippen LogP contribution is -1.91. The molecule has 76 valence electrons. The minimum absolute atomic E-state index is 0.210. The molecule has 1 atom stereocenters. The second-order valence-corrected chi connectivity index (χ2v) is 4.60. The lowest BCUT2D eigenvalue weighted by atomic mass is 10.4. The first-order chi connectivity index (χ1) is 6.65. The number of aliphatic imine (C=N–C) groups is 1. The molecule has 1 heterocycles. The molecule has 1 rings (SSSR count). The van der Waals surface area contributed by atoms with Gasteiger partial charge in [0.05, 0.1) is 11.1 Å². The van der Waals surface area contributed by atoms with Crippen LogP contribution in [0.4, 0.5) is 13.2 Å². The molecule has 0 radical (unpaired) electrons. The largest absolute Gasteiger partial charge is 0.301 e. The average Bonchev–Trinajstić information content (AvgIpc) is 2.60. The maximum absolute atomic E-state index is 12.4. The van der Waals surface area contributed by atoms with Gasteiger partial charge in [0.2, 0.25) is 0 Å². The van der Waals surface area contributed by atoms with Gasteiger partial charge in [0.1, 0.15) is 6.07 Å². The van der Waals surface area contributed by atoms with E-state index < -0.39 is 22.8 Å². The molecule has 0 saturated heterocycles. The van der Waals surface area contributed by atoms with Gasteiger partial charge in [0, 0.05) is 12.0 Å². The molecule has 0 spiro atoms. The highest BCUT2D eigenvalue weighted by Crippen LogP contribution is 2.37. The number of halogens is 3. The van der Waals surface area contributed by atoms with E-state index in [0.717, 1.165) is 0 Å². The molecule has 0 aliphatic carbocycles. The van der Waals surface area contributed by atoms with E-state index in [4.69, 9.17) is 5.26 Å². The molecular weight excluding hydrogens is 213 g/mol. The van der Waals surface area contributed by atoms with Crippen molar-refractivity contribution >= 4 is 16.4 Å². The van der Waals surface area contributed by atoms with E-state index in [9.17, 15) is 13.2 Å². The number of allylic oxidation sites excluding steroid dienone is 2. The SMILES string of the molecule is N#CC1=CN=C[SH]1CCC(F)=C(F)F. The van der Waals surface area contributed by atoms with Gasteiger partial charge in [-0.05, 0) is 5.75 Å². The van der Waals surface area contributed by atoms with E-state index in [1.807, 2.05) is 6.07 Å². The van der Waals surface area contributed by atoms with Crippen LogP contribution in [-0.2, 0) is 0 Å². The number of hydrogen-bond acceptors (Lipinski definition) is 2. The summed E-state index contributed by atoms with van der Waals surface area (Å²) in [5, 5.41) is 8.57.